The van der Waals surface area contributed by atoms with Crippen LogP contribution in [-0.2, 0) is 16.1 Å². The summed E-state index contributed by atoms with van der Waals surface area (Å²) in [6, 6.07) is 13.3. The highest BCUT2D eigenvalue weighted by Gasteiger charge is 2.23. The molecule has 1 fully saturated rings. The molecule has 0 bridgehead atoms. The third-order valence-corrected chi connectivity index (χ3v) is 7.15. The van der Waals surface area contributed by atoms with E-state index in [1.165, 1.54) is 11.8 Å². The molecule has 4 aromatic rings. The average Bonchev–Trinajstić information content (AvgIpc) is 3.54. The number of aromatic nitrogens is 4. The van der Waals surface area contributed by atoms with E-state index < -0.39 is 0 Å². The second kappa shape index (κ2) is 9.07. The fourth-order valence-corrected chi connectivity index (χ4v) is 5.01. The van der Waals surface area contributed by atoms with Gasteiger partial charge in [0.15, 0.2) is 5.16 Å². The minimum Gasteiger partial charge on any atom is -0.341 e. The topological polar surface area (TPSA) is 84.5 Å². The quantitative estimate of drug-likeness (QED) is 0.420. The van der Waals surface area contributed by atoms with Gasteiger partial charge in [-0.05, 0) is 49.6 Å². The van der Waals surface area contributed by atoms with Crippen molar-refractivity contribution in [2.24, 2.45) is 0 Å². The minimum atomic E-state index is -0.162. The number of imidazole rings is 1. The van der Waals surface area contributed by atoms with Crippen LogP contribution in [-0.4, -0.2) is 54.7 Å². The van der Waals surface area contributed by atoms with Crippen molar-refractivity contribution in [1.82, 2.24) is 24.1 Å². The van der Waals surface area contributed by atoms with Gasteiger partial charge in [-0.1, -0.05) is 41.6 Å². The molecule has 2 amide bonds. The predicted molar refractivity (Wildman–Crippen MR) is 130 cm³/mol. The van der Waals surface area contributed by atoms with E-state index in [2.05, 4.69) is 15.5 Å². The van der Waals surface area contributed by atoms with Gasteiger partial charge in [-0.15, -0.1) is 10.2 Å². The summed E-state index contributed by atoms with van der Waals surface area (Å²) in [4.78, 5) is 27.2. The zero-order chi connectivity index (χ0) is 22.9. The number of likely N-dealkylation sites (tertiary alicyclic amines) is 1. The number of para-hydroxylation sites is 2. The Morgan fingerprint density at radius 1 is 1.09 bits per heavy atom. The number of thioether (sulfide) groups is 1. The number of anilines is 1. The molecule has 10 heteroatoms. The van der Waals surface area contributed by atoms with Crippen molar-refractivity contribution in [1.29, 1.82) is 0 Å². The normalized spacial score (nSPS) is 13.8. The monoisotopic (exact) mass is 482 g/mol. The molecule has 1 aliphatic rings. The van der Waals surface area contributed by atoms with Crippen molar-refractivity contribution in [3.63, 3.8) is 0 Å². The number of nitrogens with one attached hydrogen (secondary N) is 1. The number of carbonyl (C=O) groups excluding carboxylic acids is 2. The number of carbonyl (C=O) groups is 2. The van der Waals surface area contributed by atoms with E-state index in [9.17, 15) is 9.59 Å². The predicted octanol–water partition coefficient (Wildman–Crippen LogP) is 4.00. The standard InChI is InChI=1S/C23H23ClN6O2S/c1-15-8-9-16(12-17(15)24)25-20(31)14-33-23-27-26-22-29(13-21(32)28-10-4-5-11-28)18-6-2-3-7-19(18)30(22)23/h2-3,6-9,12H,4-5,10-11,13-14H2,1H3,(H,25,31). The van der Waals surface area contributed by atoms with Crippen molar-refractivity contribution in [3.05, 3.63) is 53.1 Å². The van der Waals surface area contributed by atoms with E-state index in [0.717, 1.165) is 42.5 Å². The highest BCUT2D eigenvalue weighted by atomic mass is 35.5. The molecule has 0 atom stereocenters. The van der Waals surface area contributed by atoms with Gasteiger partial charge in [0.2, 0.25) is 17.6 Å². The molecule has 0 saturated carbocycles. The van der Waals surface area contributed by atoms with Gasteiger partial charge in [-0.2, -0.15) is 0 Å². The number of amides is 2. The summed E-state index contributed by atoms with van der Waals surface area (Å²) in [7, 11) is 0. The Kier molecular flexibility index (Phi) is 5.99. The highest BCUT2D eigenvalue weighted by molar-refractivity contribution is 7.99. The second-order valence-corrected chi connectivity index (χ2v) is 9.43. The average molecular weight is 483 g/mol. The summed E-state index contributed by atoms with van der Waals surface area (Å²) in [6.07, 6.45) is 2.10. The molecule has 2 aromatic heterocycles. The van der Waals surface area contributed by atoms with Crippen LogP contribution in [0.2, 0.25) is 5.02 Å². The van der Waals surface area contributed by atoms with Gasteiger partial charge in [-0.3, -0.25) is 18.6 Å². The first-order valence-corrected chi connectivity index (χ1v) is 12.2. The van der Waals surface area contributed by atoms with Crippen LogP contribution < -0.4 is 5.32 Å². The van der Waals surface area contributed by atoms with E-state index in [-0.39, 0.29) is 24.1 Å². The molecule has 0 radical (unpaired) electrons. The maximum atomic E-state index is 12.8. The molecular formula is C23H23ClN6O2S. The summed E-state index contributed by atoms with van der Waals surface area (Å²) in [5, 5.41) is 12.7. The van der Waals surface area contributed by atoms with Crippen molar-refractivity contribution >= 4 is 57.7 Å². The number of hydrogen-bond acceptors (Lipinski definition) is 5. The van der Waals surface area contributed by atoms with Crippen LogP contribution >= 0.6 is 23.4 Å². The van der Waals surface area contributed by atoms with Gasteiger partial charge < -0.3 is 10.2 Å². The Hall–Kier alpha value is -3.04. The highest BCUT2D eigenvalue weighted by Crippen LogP contribution is 2.27. The Morgan fingerprint density at radius 2 is 1.85 bits per heavy atom. The van der Waals surface area contributed by atoms with Crippen molar-refractivity contribution in [2.45, 2.75) is 31.5 Å². The summed E-state index contributed by atoms with van der Waals surface area (Å²) >= 11 is 7.45. The first kappa shape index (κ1) is 21.8. The number of fused-ring (bicyclic) bond motifs is 3. The molecule has 2 aromatic carbocycles. The van der Waals surface area contributed by atoms with Crippen molar-refractivity contribution < 1.29 is 9.59 Å². The number of benzene rings is 2. The molecule has 0 aliphatic carbocycles. The Labute approximate surface area is 199 Å². The number of rotatable bonds is 6. The fraction of sp³-hybridized carbons (Fsp3) is 0.304. The third-order valence-electron chi connectivity index (χ3n) is 5.81. The second-order valence-electron chi connectivity index (χ2n) is 8.08. The van der Waals surface area contributed by atoms with E-state index in [4.69, 9.17) is 11.6 Å². The first-order valence-electron chi connectivity index (χ1n) is 10.8. The lowest BCUT2D eigenvalue weighted by Gasteiger charge is -2.15. The van der Waals surface area contributed by atoms with Crippen molar-refractivity contribution in [3.8, 4) is 0 Å². The van der Waals surface area contributed by atoms with Crippen molar-refractivity contribution in [2.75, 3.05) is 24.2 Å². The lowest BCUT2D eigenvalue weighted by Crippen LogP contribution is -2.31. The maximum absolute atomic E-state index is 12.8. The molecular weight excluding hydrogens is 460 g/mol. The molecule has 3 heterocycles. The Morgan fingerprint density at radius 3 is 2.61 bits per heavy atom. The Bertz CT molecular complexity index is 1360. The van der Waals surface area contributed by atoms with Gasteiger partial charge in [0.1, 0.15) is 6.54 Å². The van der Waals surface area contributed by atoms with Gasteiger partial charge >= 0.3 is 0 Å². The van der Waals surface area contributed by atoms with Gasteiger partial charge in [-0.25, -0.2) is 0 Å². The summed E-state index contributed by atoms with van der Waals surface area (Å²) < 4.78 is 3.81. The van der Waals surface area contributed by atoms with Gasteiger partial charge in [0, 0.05) is 23.8 Å². The summed E-state index contributed by atoms with van der Waals surface area (Å²) in [5.41, 5.74) is 3.42. The molecule has 1 saturated heterocycles. The van der Waals surface area contributed by atoms with Crippen LogP contribution in [0.25, 0.3) is 16.8 Å². The molecule has 1 N–H and O–H groups in total. The zero-order valence-corrected chi connectivity index (χ0v) is 19.7. The summed E-state index contributed by atoms with van der Waals surface area (Å²) in [5.74, 6) is 0.684. The molecule has 170 valence electrons. The third kappa shape index (κ3) is 4.30. The fourth-order valence-electron chi connectivity index (χ4n) is 4.09. The zero-order valence-electron chi connectivity index (χ0n) is 18.1. The smallest absolute Gasteiger partial charge is 0.242 e. The van der Waals surface area contributed by atoms with Crippen LogP contribution in [0.1, 0.15) is 18.4 Å². The molecule has 8 nitrogen and oxygen atoms in total. The SMILES string of the molecule is Cc1ccc(NC(=O)CSc2nnc3n(CC(=O)N4CCCC4)c4ccccc4n23)cc1Cl. The number of aryl methyl sites for hydroxylation is 1. The molecule has 0 spiro atoms. The van der Waals surface area contributed by atoms with E-state index in [1.54, 1.807) is 6.07 Å². The number of halogens is 1. The van der Waals surface area contributed by atoms with Crippen LogP contribution in [0, 0.1) is 6.92 Å². The van der Waals surface area contributed by atoms with Gasteiger partial charge in [0.05, 0.1) is 16.8 Å². The van der Waals surface area contributed by atoms with Crippen LogP contribution in [0.3, 0.4) is 0 Å². The van der Waals surface area contributed by atoms with Crippen LogP contribution in [0.5, 0.6) is 0 Å². The van der Waals surface area contributed by atoms with E-state index in [1.807, 2.05) is 57.2 Å². The van der Waals surface area contributed by atoms with Crippen LogP contribution in [0.15, 0.2) is 47.6 Å². The lowest BCUT2D eigenvalue weighted by atomic mass is 10.2. The van der Waals surface area contributed by atoms with Gasteiger partial charge in [0.25, 0.3) is 0 Å². The molecule has 33 heavy (non-hydrogen) atoms. The first-order chi connectivity index (χ1) is 16.0. The lowest BCUT2D eigenvalue weighted by molar-refractivity contribution is -0.130. The largest absolute Gasteiger partial charge is 0.341 e. The number of nitrogens with zero attached hydrogens (tertiary/aromatic N) is 5. The minimum absolute atomic E-state index is 0.0871. The number of hydrogen-bond donors (Lipinski definition) is 1. The Balaban J connectivity index is 1.37. The van der Waals surface area contributed by atoms with Crippen LogP contribution in [0.4, 0.5) is 5.69 Å². The summed E-state index contributed by atoms with van der Waals surface area (Å²) in [6.45, 7) is 3.75. The van der Waals surface area contributed by atoms with E-state index >= 15 is 0 Å². The van der Waals surface area contributed by atoms with E-state index in [0.29, 0.717) is 21.6 Å². The molecule has 5 rings (SSSR count). The maximum Gasteiger partial charge on any atom is 0.242 e. The molecule has 0 unspecified atom stereocenters. The molecule has 1 aliphatic heterocycles.